The molecule has 3 nitrogen and oxygen atoms in total. The molecular weight excluding hydrogens is 304 g/mol. The van der Waals surface area contributed by atoms with E-state index in [2.05, 4.69) is 22.0 Å². The summed E-state index contributed by atoms with van der Waals surface area (Å²) < 4.78 is 6.62. The van der Waals surface area contributed by atoms with E-state index in [9.17, 15) is 0 Å². The summed E-state index contributed by atoms with van der Waals surface area (Å²) in [7, 11) is 0. The van der Waals surface area contributed by atoms with Crippen LogP contribution in [0.5, 0.6) is 5.75 Å². The summed E-state index contributed by atoms with van der Waals surface area (Å²) in [5.74, 6) is 0.779. The lowest BCUT2D eigenvalue weighted by molar-refractivity contribution is 0.304. The molecule has 0 unspecified atom stereocenters. The van der Waals surface area contributed by atoms with Gasteiger partial charge in [-0.1, -0.05) is 18.2 Å². The molecule has 2 rings (SSSR count). The van der Waals surface area contributed by atoms with Crippen LogP contribution in [0.15, 0.2) is 46.9 Å². The van der Waals surface area contributed by atoms with Gasteiger partial charge in [-0.2, -0.15) is 5.26 Å². The first kappa shape index (κ1) is 13.6. The molecule has 0 aliphatic rings. The van der Waals surface area contributed by atoms with E-state index in [4.69, 9.17) is 15.7 Å². The highest BCUT2D eigenvalue weighted by Crippen LogP contribution is 2.26. The lowest BCUT2D eigenvalue weighted by Crippen LogP contribution is -1.99. The zero-order chi connectivity index (χ0) is 13.7. The van der Waals surface area contributed by atoms with Crippen LogP contribution in [0, 0.1) is 11.3 Å². The van der Waals surface area contributed by atoms with Crippen molar-refractivity contribution < 1.29 is 4.74 Å². The molecule has 2 aromatic rings. The Bertz CT molecular complexity index is 603. The van der Waals surface area contributed by atoms with E-state index < -0.39 is 0 Å². The SMILES string of the molecule is N#Cc1ccc(COc2ccc(CN)cc2Br)cc1. The second-order valence-electron chi connectivity index (χ2n) is 4.07. The number of rotatable bonds is 4. The van der Waals surface area contributed by atoms with Gasteiger partial charge >= 0.3 is 0 Å². The summed E-state index contributed by atoms with van der Waals surface area (Å²) in [5.41, 5.74) is 8.30. The van der Waals surface area contributed by atoms with Crippen LogP contribution in [0.4, 0.5) is 0 Å². The topological polar surface area (TPSA) is 59.0 Å². The van der Waals surface area contributed by atoms with E-state index in [1.165, 1.54) is 0 Å². The zero-order valence-electron chi connectivity index (χ0n) is 10.3. The van der Waals surface area contributed by atoms with E-state index in [0.29, 0.717) is 18.7 Å². The van der Waals surface area contributed by atoms with Crippen LogP contribution >= 0.6 is 15.9 Å². The summed E-state index contributed by atoms with van der Waals surface area (Å²) in [6, 6.07) is 15.2. The molecule has 0 spiro atoms. The number of ether oxygens (including phenoxy) is 1. The van der Waals surface area contributed by atoms with Crippen molar-refractivity contribution in [3.8, 4) is 11.8 Å². The number of hydrogen-bond donors (Lipinski definition) is 1. The molecule has 0 aromatic heterocycles. The van der Waals surface area contributed by atoms with Crippen molar-refractivity contribution in [3.63, 3.8) is 0 Å². The first-order valence-electron chi connectivity index (χ1n) is 5.83. The van der Waals surface area contributed by atoms with E-state index in [1.807, 2.05) is 30.3 Å². The maximum Gasteiger partial charge on any atom is 0.134 e. The Morgan fingerprint density at radius 3 is 2.37 bits per heavy atom. The monoisotopic (exact) mass is 316 g/mol. The van der Waals surface area contributed by atoms with Crippen molar-refractivity contribution in [1.82, 2.24) is 0 Å². The Morgan fingerprint density at radius 1 is 1.11 bits per heavy atom. The Kier molecular flexibility index (Phi) is 4.56. The summed E-state index contributed by atoms with van der Waals surface area (Å²) in [5, 5.41) is 8.72. The number of benzene rings is 2. The third-order valence-electron chi connectivity index (χ3n) is 2.71. The van der Waals surface area contributed by atoms with Gasteiger partial charge in [0.2, 0.25) is 0 Å². The first-order chi connectivity index (χ1) is 9.22. The number of hydrogen-bond acceptors (Lipinski definition) is 3. The number of nitrogens with two attached hydrogens (primary N) is 1. The Labute approximate surface area is 120 Å². The van der Waals surface area contributed by atoms with Gasteiger partial charge in [0.15, 0.2) is 0 Å². The number of nitriles is 1. The lowest BCUT2D eigenvalue weighted by atomic mass is 10.1. The smallest absolute Gasteiger partial charge is 0.134 e. The molecule has 0 saturated carbocycles. The van der Waals surface area contributed by atoms with Crippen LogP contribution in [0.1, 0.15) is 16.7 Å². The highest BCUT2D eigenvalue weighted by molar-refractivity contribution is 9.10. The molecule has 19 heavy (non-hydrogen) atoms. The maximum atomic E-state index is 8.72. The van der Waals surface area contributed by atoms with Crippen LogP contribution in [-0.2, 0) is 13.2 Å². The standard InChI is InChI=1S/C15H13BrN2O/c16-14-7-13(9-18)5-6-15(14)19-10-12-3-1-11(8-17)2-4-12/h1-7H,9-10,18H2. The van der Waals surface area contributed by atoms with E-state index >= 15 is 0 Å². The Hall–Kier alpha value is -1.83. The predicted molar refractivity (Wildman–Crippen MR) is 77.5 cm³/mol. The number of halogens is 1. The Morgan fingerprint density at radius 2 is 1.79 bits per heavy atom. The largest absolute Gasteiger partial charge is 0.488 e. The molecule has 4 heteroatoms. The minimum Gasteiger partial charge on any atom is -0.488 e. The normalized spacial score (nSPS) is 9.95. The van der Waals surface area contributed by atoms with E-state index in [0.717, 1.165) is 21.3 Å². The molecule has 0 radical (unpaired) electrons. The van der Waals surface area contributed by atoms with Crippen LogP contribution in [0.25, 0.3) is 0 Å². The van der Waals surface area contributed by atoms with Crippen LogP contribution < -0.4 is 10.5 Å². The van der Waals surface area contributed by atoms with Crippen LogP contribution in [0.2, 0.25) is 0 Å². The molecule has 0 aliphatic carbocycles. The molecular formula is C15H13BrN2O. The molecule has 2 aromatic carbocycles. The van der Waals surface area contributed by atoms with Crippen molar-refractivity contribution in [2.24, 2.45) is 5.73 Å². The van der Waals surface area contributed by atoms with Gasteiger partial charge in [-0.15, -0.1) is 0 Å². The molecule has 0 bridgehead atoms. The summed E-state index contributed by atoms with van der Waals surface area (Å²) in [4.78, 5) is 0. The first-order valence-corrected chi connectivity index (χ1v) is 6.62. The van der Waals surface area contributed by atoms with Gasteiger partial charge in [0.05, 0.1) is 16.1 Å². The summed E-state index contributed by atoms with van der Waals surface area (Å²) in [6.45, 7) is 0.973. The van der Waals surface area contributed by atoms with Crippen molar-refractivity contribution in [1.29, 1.82) is 5.26 Å². The van der Waals surface area contributed by atoms with Crippen molar-refractivity contribution in [2.45, 2.75) is 13.2 Å². The molecule has 0 fully saturated rings. The lowest BCUT2D eigenvalue weighted by Gasteiger charge is -2.09. The van der Waals surface area contributed by atoms with Gasteiger partial charge in [0, 0.05) is 6.54 Å². The van der Waals surface area contributed by atoms with E-state index in [1.54, 1.807) is 12.1 Å². The van der Waals surface area contributed by atoms with Crippen LogP contribution in [0.3, 0.4) is 0 Å². The summed E-state index contributed by atoms with van der Waals surface area (Å²) in [6.07, 6.45) is 0. The Balaban J connectivity index is 2.04. The average molecular weight is 317 g/mol. The van der Waals surface area contributed by atoms with Crippen molar-refractivity contribution in [3.05, 3.63) is 63.6 Å². The second-order valence-corrected chi connectivity index (χ2v) is 4.92. The fourth-order valence-electron chi connectivity index (χ4n) is 1.62. The molecule has 0 amide bonds. The third-order valence-corrected chi connectivity index (χ3v) is 3.33. The van der Waals surface area contributed by atoms with Gasteiger partial charge in [-0.25, -0.2) is 0 Å². The summed E-state index contributed by atoms with van der Waals surface area (Å²) >= 11 is 3.46. The highest BCUT2D eigenvalue weighted by Gasteiger charge is 2.03. The van der Waals surface area contributed by atoms with Gasteiger partial charge < -0.3 is 10.5 Å². The van der Waals surface area contributed by atoms with Crippen LogP contribution in [-0.4, -0.2) is 0 Å². The van der Waals surface area contributed by atoms with E-state index in [-0.39, 0.29) is 0 Å². The quantitative estimate of drug-likeness (QED) is 0.940. The minimum atomic E-state index is 0.465. The molecule has 0 aliphatic heterocycles. The van der Waals surface area contributed by atoms with Gasteiger partial charge in [0.1, 0.15) is 12.4 Å². The van der Waals surface area contributed by atoms with Gasteiger partial charge in [-0.05, 0) is 51.3 Å². The molecule has 96 valence electrons. The average Bonchev–Trinajstić information content (AvgIpc) is 2.46. The van der Waals surface area contributed by atoms with Crippen molar-refractivity contribution >= 4 is 15.9 Å². The fraction of sp³-hybridized carbons (Fsp3) is 0.133. The molecule has 0 heterocycles. The predicted octanol–water partition coefficient (Wildman–Crippen LogP) is 3.36. The maximum absolute atomic E-state index is 8.72. The van der Waals surface area contributed by atoms with Crippen molar-refractivity contribution in [2.75, 3.05) is 0 Å². The minimum absolute atomic E-state index is 0.465. The molecule has 2 N–H and O–H groups in total. The van der Waals surface area contributed by atoms with Gasteiger partial charge in [0.25, 0.3) is 0 Å². The highest BCUT2D eigenvalue weighted by atomic mass is 79.9. The van der Waals surface area contributed by atoms with Gasteiger partial charge in [-0.3, -0.25) is 0 Å². The molecule has 0 saturated heterocycles. The molecule has 0 atom stereocenters. The zero-order valence-corrected chi connectivity index (χ0v) is 11.9. The number of nitrogens with zero attached hydrogens (tertiary/aromatic N) is 1. The second kappa shape index (κ2) is 6.37. The fourth-order valence-corrected chi connectivity index (χ4v) is 2.17. The third kappa shape index (κ3) is 3.57.